The van der Waals surface area contributed by atoms with Crippen LogP contribution in [0, 0.1) is 109 Å². The topological polar surface area (TPSA) is 70.0 Å². The van der Waals surface area contributed by atoms with E-state index in [1.54, 1.807) is 68.0 Å². The van der Waals surface area contributed by atoms with E-state index in [2.05, 4.69) is 150 Å². The highest BCUT2D eigenvalue weighted by molar-refractivity contribution is 7.41. The average molecular weight is 1790 g/mol. The van der Waals surface area contributed by atoms with E-state index in [9.17, 15) is 0 Å². The van der Waals surface area contributed by atoms with E-state index in [-0.39, 0.29) is 11.1 Å². The number of rotatable bonds is 54. The second-order valence-electron chi connectivity index (χ2n) is 32.8. The lowest BCUT2D eigenvalue weighted by atomic mass is 9.88. The molecule has 10 heterocycles. The Kier molecular flexibility index (Phi) is 38.5. The number of ether oxygens (including phenoxy) is 2. The third kappa shape index (κ3) is 25.4. The van der Waals surface area contributed by atoms with Gasteiger partial charge in [-0.25, -0.2) is 8.78 Å². The van der Waals surface area contributed by atoms with Crippen LogP contribution in [0.2, 0.25) is 0 Å². The van der Waals surface area contributed by atoms with E-state index in [1.165, 1.54) is 298 Å². The van der Waals surface area contributed by atoms with Crippen LogP contribution in [0.15, 0.2) is 36.4 Å². The van der Waals surface area contributed by atoms with Crippen molar-refractivity contribution in [3.05, 3.63) is 68.9 Å². The van der Waals surface area contributed by atoms with Gasteiger partial charge in [0.05, 0.1) is 71.1 Å². The zero-order valence-electron chi connectivity index (χ0n) is 72.0. The summed E-state index contributed by atoms with van der Waals surface area (Å²) in [7, 11) is 0. The van der Waals surface area contributed by atoms with Gasteiger partial charge < -0.3 is 9.47 Å². The SMILES string of the molecule is C#CC#CC#CC#CC#CC#COc1c(OCCCCCCCCCCCC)c(-c2cc3sc4cc(C)sc4c3s2)c2nsnc2c1-c1cc2sc3cc(-c4sc(-c5c(F)c(F)c(-c6cc(CC(CCCCCCCC)CCCCCCCCCC)c(C)s6)c6nsnc56)cc4CC(CCCCCCCC)CCCCCCCCCC)sc3c2s1. The highest BCUT2D eigenvalue weighted by atomic mass is 32.1. The highest BCUT2D eigenvalue weighted by Crippen LogP contribution is 2.58. The molecule has 18 heteroatoms. The van der Waals surface area contributed by atoms with Gasteiger partial charge in [0.2, 0.25) is 0 Å². The van der Waals surface area contributed by atoms with Crippen LogP contribution in [0.3, 0.4) is 0 Å². The molecule has 12 aromatic rings. The van der Waals surface area contributed by atoms with Gasteiger partial charge in [-0.2, -0.15) is 17.5 Å². The molecule has 0 saturated heterocycles. The van der Waals surface area contributed by atoms with Crippen LogP contribution in [0.25, 0.3) is 111 Å². The molecule has 0 spiro atoms. The summed E-state index contributed by atoms with van der Waals surface area (Å²) in [5, 5.41) is 0. The lowest BCUT2D eigenvalue weighted by Gasteiger charge is -2.17. The number of terminal acetylenes is 1. The predicted octanol–water partition coefficient (Wildman–Crippen LogP) is 35.2. The van der Waals surface area contributed by atoms with Crippen LogP contribution in [-0.2, 0) is 12.8 Å². The highest BCUT2D eigenvalue weighted by Gasteiger charge is 2.33. The smallest absolute Gasteiger partial charge is 0.193 e. The van der Waals surface area contributed by atoms with E-state index >= 15 is 8.78 Å². The quantitative estimate of drug-likeness (QED) is 0.0279. The summed E-state index contributed by atoms with van der Waals surface area (Å²) >= 11 is 16.2. The van der Waals surface area contributed by atoms with Crippen molar-refractivity contribution in [2.45, 2.75) is 331 Å². The first-order chi connectivity index (χ1) is 59.0. The van der Waals surface area contributed by atoms with Crippen molar-refractivity contribution in [2.24, 2.45) is 11.8 Å². The third-order valence-corrected chi connectivity index (χ3v) is 34.5. The standard InChI is InChI=1S/C102H120F2N4O2S10/c1-9-15-21-27-33-37-39-43-49-55-61-109-96-88(79-68-83-100(116-79)99-81(113-83)63-71(7)111-99)94-95(108-120-107-94)89(97(96)110-62-56-50-44-40-38-34-28-22-16-10-2)80-69-84-101(117-80)102-85(114-84)70-82(118-102)98-76(65-74(59-52-46-32-26-20-14-6)60-54-48-42-36-30-24-18-12-4)67-78(115-98)87-91(104)90(103)86(92-93(87)106-119-105-92)77-66-75(72(8)112-77)64-73(57-51-45-31-25-19-13-5)58-53-47-41-35-29-23-17-11-3/h2,63,66-70,73-74H,9,11-15,17-21,23-27,29-33,35-37,39,41-43,45-49,51-55,57-61,64-65H2,1,3-8H3. The van der Waals surface area contributed by atoms with Crippen LogP contribution in [0.4, 0.5) is 8.78 Å². The molecular formula is C102H120F2N4O2S10. The monoisotopic (exact) mass is 1790 g/mol. The number of benzene rings is 2. The lowest BCUT2D eigenvalue weighted by molar-refractivity contribution is 0.295. The summed E-state index contributed by atoms with van der Waals surface area (Å²) < 4.78 is 80.2. The number of unbranched alkanes of at least 4 members (excludes halogenated alkanes) is 33. The van der Waals surface area contributed by atoms with Crippen molar-refractivity contribution >= 4 is 174 Å². The maximum Gasteiger partial charge on any atom is 0.193 e. The molecule has 0 amide bonds. The normalized spacial score (nSPS) is 12.0. The van der Waals surface area contributed by atoms with Gasteiger partial charge in [-0.1, -0.05) is 298 Å². The molecule has 120 heavy (non-hydrogen) atoms. The Morgan fingerprint density at radius 1 is 0.342 bits per heavy atom. The molecule has 0 saturated carbocycles. The van der Waals surface area contributed by atoms with Gasteiger partial charge in [0.1, 0.15) is 28.2 Å². The van der Waals surface area contributed by atoms with E-state index < -0.39 is 11.6 Å². The molecule has 2 atom stereocenters. The van der Waals surface area contributed by atoms with Gasteiger partial charge in [0.25, 0.3) is 0 Å². The number of aromatic nitrogens is 4. The Bertz CT molecular complexity index is 5650. The number of hydrogen-bond acceptors (Lipinski definition) is 16. The van der Waals surface area contributed by atoms with E-state index in [4.69, 9.17) is 33.4 Å². The maximum atomic E-state index is 18.2. The Labute approximate surface area is 755 Å². The van der Waals surface area contributed by atoms with E-state index in [1.807, 2.05) is 22.7 Å². The molecule has 10 aromatic heterocycles. The Morgan fingerprint density at radius 3 is 1.13 bits per heavy atom. The van der Waals surface area contributed by atoms with Crippen LogP contribution < -0.4 is 9.47 Å². The molecule has 0 radical (unpaired) electrons. The molecule has 0 aliphatic heterocycles. The maximum absolute atomic E-state index is 18.2. The fourth-order valence-corrected chi connectivity index (χ4v) is 28.6. The minimum atomic E-state index is -0.841. The number of nitrogens with zero attached hydrogens (tertiary/aromatic N) is 4. The van der Waals surface area contributed by atoms with Crippen LogP contribution in [0.1, 0.15) is 325 Å². The van der Waals surface area contributed by atoms with Gasteiger partial charge in [-0.15, -0.1) is 97.1 Å². The summed E-state index contributed by atoms with van der Waals surface area (Å²) in [5.74, 6) is 27.0. The van der Waals surface area contributed by atoms with Crippen molar-refractivity contribution in [1.29, 1.82) is 0 Å². The van der Waals surface area contributed by atoms with Crippen molar-refractivity contribution in [1.82, 2.24) is 17.5 Å². The first-order valence-corrected chi connectivity index (χ1v) is 53.4. The van der Waals surface area contributed by atoms with Crippen LogP contribution >= 0.6 is 114 Å². The summed E-state index contributed by atoms with van der Waals surface area (Å²) in [4.78, 5) is 8.16. The molecule has 2 aromatic carbocycles. The largest absolute Gasteiger partial charge is 0.489 e. The zero-order valence-corrected chi connectivity index (χ0v) is 80.1. The molecule has 2 unspecified atom stereocenters. The van der Waals surface area contributed by atoms with Crippen molar-refractivity contribution in [3.8, 4) is 135 Å². The van der Waals surface area contributed by atoms with Crippen LogP contribution in [-0.4, -0.2) is 24.1 Å². The average Bonchev–Trinajstić information content (AvgIpc) is 1.57. The van der Waals surface area contributed by atoms with Gasteiger partial charge in [-0.05, 0) is 122 Å². The van der Waals surface area contributed by atoms with Gasteiger partial charge >= 0.3 is 0 Å². The van der Waals surface area contributed by atoms with Gasteiger partial charge in [0.15, 0.2) is 23.1 Å². The fourth-order valence-electron chi connectivity index (χ4n) is 16.9. The molecule has 0 aliphatic carbocycles. The second-order valence-corrected chi connectivity index (χ2v) is 42.8. The number of thiophene rings is 8. The number of halogens is 2. The molecule has 0 aliphatic rings. The van der Waals surface area contributed by atoms with Gasteiger partial charge in [-0.3, -0.25) is 0 Å². The predicted molar refractivity (Wildman–Crippen MR) is 529 cm³/mol. The minimum Gasteiger partial charge on any atom is -0.489 e. The first kappa shape index (κ1) is 92.7. The van der Waals surface area contributed by atoms with Crippen molar-refractivity contribution in [3.63, 3.8) is 0 Å². The molecule has 12 rings (SSSR count). The van der Waals surface area contributed by atoms with Crippen LogP contribution in [0.5, 0.6) is 11.5 Å². The zero-order chi connectivity index (χ0) is 83.6. The third-order valence-electron chi connectivity index (χ3n) is 23.4. The summed E-state index contributed by atoms with van der Waals surface area (Å²) in [6.45, 7) is 16.3. The van der Waals surface area contributed by atoms with Gasteiger partial charge in [0, 0.05) is 87.4 Å². The Morgan fingerprint density at radius 2 is 0.683 bits per heavy atom. The number of hydrogen-bond donors (Lipinski definition) is 0. The molecule has 0 fully saturated rings. The summed E-state index contributed by atoms with van der Waals surface area (Å²) in [6.07, 6.45) is 62.6. The number of fused-ring (bicyclic) bond motifs is 8. The van der Waals surface area contributed by atoms with E-state index in [0.29, 0.717) is 51.4 Å². The first-order valence-electron chi connectivity index (χ1n) is 45.4. The van der Waals surface area contributed by atoms with Crippen molar-refractivity contribution < 1.29 is 18.3 Å². The number of aryl methyl sites for hydroxylation is 2. The lowest BCUT2D eigenvalue weighted by Crippen LogP contribution is -2.06. The molecule has 0 bridgehead atoms. The Balaban J connectivity index is 0.926. The van der Waals surface area contributed by atoms with Crippen molar-refractivity contribution in [2.75, 3.05) is 6.61 Å². The van der Waals surface area contributed by atoms with E-state index in [0.717, 1.165) is 107 Å². The fraction of sp³-hybridized carbons (Fsp3) is 0.529. The Hall–Kier alpha value is -6.46. The summed E-state index contributed by atoms with van der Waals surface area (Å²) in [5.41, 5.74) is 6.92. The molecular weight excluding hydrogens is 1670 g/mol. The molecule has 6 nitrogen and oxygen atoms in total. The second kappa shape index (κ2) is 49.9. The summed E-state index contributed by atoms with van der Waals surface area (Å²) in [6, 6.07) is 13.6. The molecule has 0 N–H and O–H groups in total. The molecule has 634 valence electrons. The minimum absolute atomic E-state index is 0.223.